The number of amides is 2. The number of benzene rings is 3. The molecule has 2 unspecified atom stereocenters. The Balaban J connectivity index is 1.30. The van der Waals surface area contributed by atoms with E-state index in [9.17, 15) is 14.4 Å². The zero-order chi connectivity index (χ0) is 24.1. The predicted octanol–water partition coefficient (Wildman–Crippen LogP) is 4.53. The van der Waals surface area contributed by atoms with Crippen LogP contribution < -0.4 is 15.4 Å². The second-order valence-corrected chi connectivity index (χ2v) is 8.96. The van der Waals surface area contributed by atoms with Gasteiger partial charge in [-0.2, -0.15) is 0 Å². The van der Waals surface area contributed by atoms with Gasteiger partial charge in [-0.1, -0.05) is 30.3 Å². The summed E-state index contributed by atoms with van der Waals surface area (Å²) in [5.74, 6) is -0.602. The van der Waals surface area contributed by atoms with Gasteiger partial charge < -0.3 is 20.1 Å². The molecule has 0 saturated carbocycles. The number of nitrogens with one attached hydrogen (secondary N) is 2. The Morgan fingerprint density at radius 2 is 1.65 bits per heavy atom. The van der Waals surface area contributed by atoms with Gasteiger partial charge in [-0.15, -0.1) is 11.8 Å². The molecule has 1 aliphatic rings. The molecule has 0 radical (unpaired) electrons. The fourth-order valence-corrected chi connectivity index (χ4v) is 4.69. The number of methoxy groups -OCH3 is 1. The highest BCUT2D eigenvalue weighted by Gasteiger charge is 2.31. The first-order chi connectivity index (χ1) is 16.4. The molecule has 8 heteroatoms. The molecule has 0 spiro atoms. The van der Waals surface area contributed by atoms with Crippen molar-refractivity contribution in [3.05, 3.63) is 83.9 Å². The minimum atomic E-state index is -0.953. The summed E-state index contributed by atoms with van der Waals surface area (Å²) in [7, 11) is 1.53. The van der Waals surface area contributed by atoms with E-state index in [-0.39, 0.29) is 11.2 Å². The highest BCUT2D eigenvalue weighted by Crippen LogP contribution is 2.37. The van der Waals surface area contributed by atoms with E-state index in [1.807, 2.05) is 30.3 Å². The average molecular weight is 477 g/mol. The molecule has 2 amide bonds. The van der Waals surface area contributed by atoms with E-state index < -0.39 is 18.0 Å². The number of carbonyl (C=O) groups excluding carboxylic acids is 3. The molecule has 0 aliphatic carbocycles. The minimum absolute atomic E-state index is 0.306. The molecular formula is C26H24N2O5S. The number of hydrogen-bond donors (Lipinski definition) is 2. The zero-order valence-corrected chi connectivity index (χ0v) is 19.6. The molecule has 34 heavy (non-hydrogen) atoms. The molecule has 0 aromatic heterocycles. The Kier molecular flexibility index (Phi) is 7.18. The quantitative estimate of drug-likeness (QED) is 0.487. The molecule has 2 N–H and O–H groups in total. The van der Waals surface area contributed by atoms with Crippen molar-refractivity contribution in [1.82, 2.24) is 0 Å². The number of rotatable bonds is 7. The molecular weight excluding hydrogens is 452 g/mol. The molecule has 1 aliphatic heterocycles. The maximum absolute atomic E-state index is 12.5. The van der Waals surface area contributed by atoms with Crippen molar-refractivity contribution in [3.63, 3.8) is 0 Å². The lowest BCUT2D eigenvalue weighted by Gasteiger charge is -2.16. The van der Waals surface area contributed by atoms with E-state index in [4.69, 9.17) is 9.47 Å². The summed E-state index contributed by atoms with van der Waals surface area (Å²) in [6.45, 7) is 1.54. The number of anilines is 2. The summed E-state index contributed by atoms with van der Waals surface area (Å²) < 4.78 is 10.6. The van der Waals surface area contributed by atoms with E-state index in [0.717, 1.165) is 10.5 Å². The zero-order valence-electron chi connectivity index (χ0n) is 18.7. The Bertz CT molecular complexity index is 1190. The van der Waals surface area contributed by atoms with Gasteiger partial charge in [0.15, 0.2) is 6.10 Å². The Morgan fingerprint density at radius 3 is 2.38 bits per heavy atom. The number of thioether (sulfide) groups is 1. The first-order valence-corrected chi connectivity index (χ1v) is 11.6. The molecule has 174 valence electrons. The molecule has 4 rings (SSSR count). The van der Waals surface area contributed by atoms with Crippen LogP contribution in [0.4, 0.5) is 11.4 Å². The number of esters is 1. The smallest absolute Gasteiger partial charge is 0.320 e. The average Bonchev–Trinajstić information content (AvgIpc) is 3.29. The van der Waals surface area contributed by atoms with Crippen molar-refractivity contribution in [1.29, 1.82) is 0 Å². The number of fused-ring (bicyclic) bond motifs is 1. The summed E-state index contributed by atoms with van der Waals surface area (Å²) in [6, 6.07) is 21.4. The molecule has 0 fully saturated rings. The molecule has 2 atom stereocenters. The van der Waals surface area contributed by atoms with Crippen LogP contribution in [0.15, 0.2) is 77.7 Å². The van der Waals surface area contributed by atoms with Gasteiger partial charge in [-0.05, 0) is 61.4 Å². The van der Waals surface area contributed by atoms with Gasteiger partial charge in [-0.3, -0.25) is 14.4 Å². The first-order valence-electron chi connectivity index (χ1n) is 10.7. The van der Waals surface area contributed by atoms with Crippen molar-refractivity contribution in [2.75, 3.05) is 17.7 Å². The molecule has 7 nitrogen and oxygen atoms in total. The fourth-order valence-electron chi connectivity index (χ4n) is 3.51. The lowest BCUT2D eigenvalue weighted by atomic mass is 10.1. The summed E-state index contributed by atoms with van der Waals surface area (Å²) in [5.41, 5.74) is 2.58. The summed E-state index contributed by atoms with van der Waals surface area (Å²) in [4.78, 5) is 38.6. The van der Waals surface area contributed by atoms with E-state index in [0.29, 0.717) is 29.1 Å². The van der Waals surface area contributed by atoms with Crippen LogP contribution in [-0.4, -0.2) is 36.2 Å². The van der Waals surface area contributed by atoms with Crippen molar-refractivity contribution < 1.29 is 23.9 Å². The Morgan fingerprint density at radius 1 is 0.941 bits per heavy atom. The van der Waals surface area contributed by atoms with E-state index in [1.165, 1.54) is 25.8 Å². The van der Waals surface area contributed by atoms with Crippen molar-refractivity contribution in [2.24, 2.45) is 0 Å². The highest BCUT2D eigenvalue weighted by molar-refractivity contribution is 8.01. The third kappa shape index (κ3) is 5.40. The third-order valence-electron chi connectivity index (χ3n) is 5.34. The lowest BCUT2D eigenvalue weighted by molar-refractivity contribution is -0.152. The fraction of sp³-hybridized carbons (Fsp3) is 0.192. The van der Waals surface area contributed by atoms with Crippen molar-refractivity contribution >= 4 is 40.9 Å². The first kappa shape index (κ1) is 23.4. The van der Waals surface area contributed by atoms with Gasteiger partial charge >= 0.3 is 5.97 Å². The number of hydrogen-bond acceptors (Lipinski definition) is 6. The van der Waals surface area contributed by atoms with E-state index >= 15 is 0 Å². The minimum Gasteiger partial charge on any atom is -0.495 e. The third-order valence-corrected chi connectivity index (χ3v) is 6.64. The number of ether oxygens (including phenoxy) is 2. The van der Waals surface area contributed by atoms with E-state index in [2.05, 4.69) is 10.6 Å². The molecule has 0 bridgehead atoms. The topological polar surface area (TPSA) is 93.7 Å². The largest absolute Gasteiger partial charge is 0.495 e. The normalized spacial score (nSPS) is 15.1. The number of carbonyl (C=O) groups is 3. The standard InChI is InChI=1S/C26H24N2O5S/c1-16(33-26(31)23-15-18-7-3-6-10-22(18)34-23)24(29)27-19-13-11-17(12-14-19)25(30)28-20-8-4-5-9-21(20)32-2/h3-14,16,23H,15H2,1-2H3,(H,27,29)(H,28,30). The van der Waals surface area contributed by atoms with Crippen molar-refractivity contribution in [3.8, 4) is 5.75 Å². The van der Waals surface area contributed by atoms with Crippen LogP contribution in [0.5, 0.6) is 5.75 Å². The number of para-hydroxylation sites is 2. The second-order valence-electron chi connectivity index (χ2n) is 7.72. The lowest BCUT2D eigenvalue weighted by Crippen LogP contribution is -2.33. The predicted molar refractivity (Wildman–Crippen MR) is 131 cm³/mol. The maximum Gasteiger partial charge on any atom is 0.320 e. The molecule has 0 saturated heterocycles. The van der Waals surface area contributed by atoms with Crippen LogP contribution in [0.3, 0.4) is 0 Å². The van der Waals surface area contributed by atoms with Crippen molar-refractivity contribution in [2.45, 2.75) is 29.6 Å². The summed E-state index contributed by atoms with van der Waals surface area (Å²) >= 11 is 1.46. The van der Waals surface area contributed by atoms with Gasteiger partial charge in [-0.25, -0.2) is 0 Å². The monoisotopic (exact) mass is 476 g/mol. The van der Waals surface area contributed by atoms with E-state index in [1.54, 1.807) is 42.5 Å². The molecule has 3 aromatic rings. The van der Waals surface area contributed by atoms with Gasteiger partial charge in [0.25, 0.3) is 11.8 Å². The molecule has 3 aromatic carbocycles. The van der Waals surface area contributed by atoms with Crippen LogP contribution >= 0.6 is 11.8 Å². The van der Waals surface area contributed by atoms with Gasteiger partial charge in [0.1, 0.15) is 11.0 Å². The van der Waals surface area contributed by atoms with Crippen LogP contribution in [-0.2, 0) is 20.7 Å². The van der Waals surface area contributed by atoms with Crippen LogP contribution in [0.25, 0.3) is 0 Å². The Hall–Kier alpha value is -3.78. The SMILES string of the molecule is COc1ccccc1NC(=O)c1ccc(NC(=O)C(C)OC(=O)C2Cc3ccccc3S2)cc1. The van der Waals surface area contributed by atoms with Crippen LogP contribution in [0.2, 0.25) is 0 Å². The maximum atomic E-state index is 12.5. The van der Waals surface area contributed by atoms with Gasteiger partial charge in [0.2, 0.25) is 0 Å². The Labute approximate surface area is 201 Å². The van der Waals surface area contributed by atoms with Gasteiger partial charge in [0.05, 0.1) is 12.8 Å². The van der Waals surface area contributed by atoms with Gasteiger partial charge in [0, 0.05) is 16.1 Å². The molecule has 1 heterocycles. The van der Waals surface area contributed by atoms with Crippen LogP contribution in [0.1, 0.15) is 22.8 Å². The highest BCUT2D eigenvalue weighted by atomic mass is 32.2. The second kappa shape index (κ2) is 10.4. The summed E-state index contributed by atoms with van der Waals surface area (Å²) in [5, 5.41) is 5.16. The summed E-state index contributed by atoms with van der Waals surface area (Å²) in [6.07, 6.45) is -0.364. The van der Waals surface area contributed by atoms with Crippen LogP contribution in [0, 0.1) is 0 Å².